The molecule has 0 unspecified atom stereocenters. The lowest BCUT2D eigenvalue weighted by atomic mass is 10.1. The van der Waals surface area contributed by atoms with Crippen LogP contribution in [0, 0.1) is 6.92 Å². The van der Waals surface area contributed by atoms with Crippen molar-refractivity contribution in [3.8, 4) is 11.5 Å². The van der Waals surface area contributed by atoms with Crippen molar-refractivity contribution in [2.45, 2.75) is 20.1 Å². The number of hydrogen-bond donors (Lipinski definition) is 1. The van der Waals surface area contributed by atoms with Gasteiger partial charge in [0.1, 0.15) is 18.1 Å². The Morgan fingerprint density at radius 3 is 2.80 bits per heavy atom. The third-order valence-corrected chi connectivity index (χ3v) is 4.65. The van der Waals surface area contributed by atoms with E-state index in [4.69, 9.17) is 21.1 Å². The lowest BCUT2D eigenvalue weighted by Crippen LogP contribution is -2.25. The number of aryl methyl sites for hydroxylation is 1. The second-order valence-corrected chi connectivity index (χ2v) is 7.11. The summed E-state index contributed by atoms with van der Waals surface area (Å²) in [4.78, 5) is 12.1. The van der Waals surface area contributed by atoms with Crippen LogP contribution in [0.15, 0.2) is 60.9 Å². The number of hydrogen-bond acceptors (Lipinski definition) is 4. The summed E-state index contributed by atoms with van der Waals surface area (Å²) in [7, 11) is 1.63. The number of halogens is 1. The smallest absolute Gasteiger partial charge is 0.244 e. The second-order valence-electron chi connectivity index (χ2n) is 6.67. The van der Waals surface area contributed by atoms with E-state index in [9.17, 15) is 4.79 Å². The van der Waals surface area contributed by atoms with E-state index >= 15 is 0 Å². The number of aromatic nitrogens is 2. The van der Waals surface area contributed by atoms with Crippen molar-refractivity contribution in [2.24, 2.45) is 0 Å². The van der Waals surface area contributed by atoms with E-state index in [1.54, 1.807) is 30.3 Å². The van der Waals surface area contributed by atoms with E-state index in [-0.39, 0.29) is 5.91 Å². The maximum atomic E-state index is 12.1. The summed E-state index contributed by atoms with van der Waals surface area (Å²) in [5, 5.41) is 7.46. The zero-order valence-corrected chi connectivity index (χ0v) is 17.7. The van der Waals surface area contributed by atoms with Gasteiger partial charge in [0.2, 0.25) is 5.91 Å². The summed E-state index contributed by atoms with van der Waals surface area (Å²) in [5.41, 5.74) is 2.86. The quantitative estimate of drug-likeness (QED) is 0.520. The number of benzene rings is 2. The number of nitrogens with one attached hydrogen (secondary N) is 1. The lowest BCUT2D eigenvalue weighted by Gasteiger charge is -2.12. The van der Waals surface area contributed by atoms with Gasteiger partial charge in [0.05, 0.1) is 24.9 Å². The number of amides is 1. The topological polar surface area (TPSA) is 65.4 Å². The minimum atomic E-state index is -0.179. The number of carbonyl (C=O) groups is 1. The van der Waals surface area contributed by atoms with Gasteiger partial charge in [0, 0.05) is 24.4 Å². The fourth-order valence-corrected chi connectivity index (χ4v) is 3.03. The van der Waals surface area contributed by atoms with Gasteiger partial charge in [-0.1, -0.05) is 35.9 Å². The van der Waals surface area contributed by atoms with E-state index in [1.807, 2.05) is 49.4 Å². The van der Waals surface area contributed by atoms with E-state index in [2.05, 4.69) is 10.4 Å². The number of carbonyl (C=O) groups excluding carboxylic acids is 1. The van der Waals surface area contributed by atoms with Crippen LogP contribution < -0.4 is 14.8 Å². The minimum Gasteiger partial charge on any atom is -0.496 e. The van der Waals surface area contributed by atoms with Gasteiger partial charge in [0.15, 0.2) is 0 Å². The summed E-state index contributed by atoms with van der Waals surface area (Å²) >= 11 is 5.82. The minimum absolute atomic E-state index is 0.179. The molecule has 1 aromatic heterocycles. The average Bonchev–Trinajstić information content (AvgIpc) is 3.16. The van der Waals surface area contributed by atoms with E-state index < -0.39 is 0 Å². The van der Waals surface area contributed by atoms with Gasteiger partial charge in [-0.3, -0.25) is 9.48 Å². The number of methoxy groups -OCH3 is 1. The molecule has 1 heterocycles. The zero-order valence-electron chi connectivity index (χ0n) is 17.0. The molecule has 0 bridgehead atoms. The summed E-state index contributed by atoms with van der Waals surface area (Å²) in [5.74, 6) is 1.39. The van der Waals surface area contributed by atoms with Gasteiger partial charge in [-0.25, -0.2) is 0 Å². The molecular formula is C23H24ClN3O3. The Balaban J connectivity index is 1.57. The standard InChI is InChI=1S/C23H24ClN3O3/c1-17-5-3-4-6-21(17)30-16-19-13-18(7-9-22(19)29-2)8-10-23(28)25-11-12-27-15-20(24)14-26-27/h3-10,13-15H,11-12,16H2,1-2H3,(H,25,28)/b10-8+. The molecule has 0 radical (unpaired) electrons. The number of para-hydroxylation sites is 1. The van der Waals surface area contributed by atoms with Gasteiger partial charge in [0.25, 0.3) is 0 Å². The van der Waals surface area contributed by atoms with Crippen LogP contribution in [0.1, 0.15) is 16.7 Å². The van der Waals surface area contributed by atoms with Crippen LogP contribution in [0.3, 0.4) is 0 Å². The number of ether oxygens (including phenoxy) is 2. The monoisotopic (exact) mass is 425 g/mol. The molecule has 2 aromatic carbocycles. The lowest BCUT2D eigenvalue weighted by molar-refractivity contribution is -0.116. The molecule has 1 N–H and O–H groups in total. The van der Waals surface area contributed by atoms with Crippen LogP contribution in [0.2, 0.25) is 5.02 Å². The Bertz CT molecular complexity index is 1030. The first-order chi connectivity index (χ1) is 14.5. The molecule has 0 atom stereocenters. The van der Waals surface area contributed by atoms with Crippen molar-refractivity contribution in [2.75, 3.05) is 13.7 Å². The van der Waals surface area contributed by atoms with Crippen molar-refractivity contribution >= 4 is 23.6 Å². The van der Waals surface area contributed by atoms with Crippen molar-refractivity contribution < 1.29 is 14.3 Å². The first kappa shape index (κ1) is 21.5. The van der Waals surface area contributed by atoms with Gasteiger partial charge >= 0.3 is 0 Å². The summed E-state index contributed by atoms with van der Waals surface area (Å²) in [6, 6.07) is 13.6. The van der Waals surface area contributed by atoms with E-state index in [0.29, 0.717) is 24.7 Å². The number of nitrogens with zero attached hydrogens (tertiary/aromatic N) is 2. The predicted octanol–water partition coefficient (Wildman–Crippen LogP) is 4.26. The first-order valence-corrected chi connectivity index (χ1v) is 9.92. The van der Waals surface area contributed by atoms with Crippen molar-refractivity contribution in [1.29, 1.82) is 0 Å². The molecule has 6 nitrogen and oxygen atoms in total. The summed E-state index contributed by atoms with van der Waals surface area (Å²) in [6.07, 6.45) is 6.54. The van der Waals surface area contributed by atoms with Crippen LogP contribution in [0.25, 0.3) is 6.08 Å². The first-order valence-electron chi connectivity index (χ1n) is 9.54. The second kappa shape index (κ2) is 10.5. The third-order valence-electron chi connectivity index (χ3n) is 4.45. The molecule has 3 rings (SSSR count). The molecule has 0 aliphatic carbocycles. The van der Waals surface area contributed by atoms with Gasteiger partial charge in [-0.2, -0.15) is 5.10 Å². The Morgan fingerprint density at radius 2 is 2.07 bits per heavy atom. The Labute approximate surface area is 181 Å². The summed E-state index contributed by atoms with van der Waals surface area (Å²) in [6.45, 7) is 3.38. The Hall–Kier alpha value is -3.25. The van der Waals surface area contributed by atoms with Crippen LogP contribution in [-0.4, -0.2) is 29.3 Å². The molecule has 7 heteroatoms. The van der Waals surface area contributed by atoms with Gasteiger partial charge < -0.3 is 14.8 Å². The van der Waals surface area contributed by atoms with Crippen LogP contribution >= 0.6 is 11.6 Å². The fraction of sp³-hybridized carbons (Fsp3) is 0.217. The maximum absolute atomic E-state index is 12.1. The molecule has 0 saturated heterocycles. The Morgan fingerprint density at radius 1 is 1.23 bits per heavy atom. The molecule has 30 heavy (non-hydrogen) atoms. The third kappa shape index (κ3) is 6.12. The van der Waals surface area contributed by atoms with Gasteiger partial charge in [-0.05, 0) is 42.3 Å². The molecule has 0 saturated carbocycles. The molecule has 0 fully saturated rings. The molecule has 0 aliphatic rings. The van der Waals surface area contributed by atoms with Crippen LogP contribution in [0.5, 0.6) is 11.5 Å². The Kier molecular flexibility index (Phi) is 7.51. The van der Waals surface area contributed by atoms with Crippen LogP contribution in [-0.2, 0) is 17.9 Å². The highest BCUT2D eigenvalue weighted by atomic mass is 35.5. The summed E-state index contributed by atoms with van der Waals surface area (Å²) < 4.78 is 13.1. The highest BCUT2D eigenvalue weighted by Crippen LogP contribution is 2.24. The maximum Gasteiger partial charge on any atom is 0.244 e. The van der Waals surface area contributed by atoms with Gasteiger partial charge in [-0.15, -0.1) is 0 Å². The largest absolute Gasteiger partial charge is 0.496 e. The highest BCUT2D eigenvalue weighted by Gasteiger charge is 2.06. The molecule has 0 aliphatic heterocycles. The molecule has 0 spiro atoms. The average molecular weight is 426 g/mol. The molecule has 3 aromatic rings. The van der Waals surface area contributed by atoms with E-state index in [0.717, 1.165) is 28.2 Å². The van der Waals surface area contributed by atoms with Crippen molar-refractivity contribution in [1.82, 2.24) is 15.1 Å². The SMILES string of the molecule is COc1ccc(/C=C/C(=O)NCCn2cc(Cl)cn2)cc1COc1ccccc1C. The normalized spacial score (nSPS) is 10.9. The van der Waals surface area contributed by atoms with Crippen molar-refractivity contribution in [3.63, 3.8) is 0 Å². The predicted molar refractivity (Wildman–Crippen MR) is 118 cm³/mol. The van der Waals surface area contributed by atoms with Crippen LogP contribution in [0.4, 0.5) is 0 Å². The van der Waals surface area contributed by atoms with Crippen molar-refractivity contribution in [3.05, 3.63) is 82.6 Å². The molecular weight excluding hydrogens is 402 g/mol. The highest BCUT2D eigenvalue weighted by molar-refractivity contribution is 6.30. The number of rotatable bonds is 9. The molecule has 156 valence electrons. The fourth-order valence-electron chi connectivity index (χ4n) is 2.87. The van der Waals surface area contributed by atoms with E-state index in [1.165, 1.54) is 6.08 Å². The molecule has 1 amide bonds. The zero-order chi connectivity index (χ0) is 21.3.